The Morgan fingerprint density at radius 1 is 1.18 bits per heavy atom. The average molecular weight is 295 g/mol. The van der Waals surface area contributed by atoms with Gasteiger partial charge in [-0.15, -0.1) is 0 Å². The molecule has 22 heavy (non-hydrogen) atoms. The van der Waals surface area contributed by atoms with Gasteiger partial charge in [0.25, 0.3) is 0 Å². The highest BCUT2D eigenvalue weighted by Crippen LogP contribution is 2.14. The maximum Gasteiger partial charge on any atom is 0.331 e. The van der Waals surface area contributed by atoms with Gasteiger partial charge in [0, 0.05) is 12.3 Å². The van der Waals surface area contributed by atoms with E-state index in [1.165, 1.54) is 12.2 Å². The number of rotatable bonds is 7. The predicted octanol–water partition coefficient (Wildman–Crippen LogP) is 3.40. The van der Waals surface area contributed by atoms with Crippen LogP contribution in [0.15, 0.2) is 67.4 Å². The van der Waals surface area contributed by atoms with Crippen LogP contribution in [0, 0.1) is 0 Å². The fraction of sp³-hybridized carbons (Fsp3) is 0.111. The first-order valence-corrected chi connectivity index (χ1v) is 6.86. The molecular formula is C18H17NO3. The number of aromatic nitrogens is 1. The number of carbonyl (C=O) groups excluding carboxylic acids is 1. The molecule has 1 aromatic carbocycles. The first-order valence-electron chi connectivity index (χ1n) is 6.86. The molecule has 0 bridgehead atoms. The van der Waals surface area contributed by atoms with Gasteiger partial charge in [0.2, 0.25) is 0 Å². The van der Waals surface area contributed by atoms with E-state index in [4.69, 9.17) is 9.47 Å². The Bertz CT molecular complexity index is 633. The second-order valence-corrected chi connectivity index (χ2v) is 4.43. The van der Waals surface area contributed by atoms with Crippen LogP contribution in [-0.4, -0.2) is 17.6 Å². The molecule has 0 N–H and O–H groups in total. The molecule has 0 amide bonds. The van der Waals surface area contributed by atoms with Gasteiger partial charge >= 0.3 is 5.97 Å². The Balaban J connectivity index is 1.86. The largest absolute Gasteiger partial charge is 0.487 e. The van der Waals surface area contributed by atoms with Gasteiger partial charge in [-0.2, -0.15) is 0 Å². The number of esters is 1. The topological polar surface area (TPSA) is 48.4 Å². The molecule has 0 aliphatic heterocycles. The molecule has 0 aliphatic rings. The fourth-order valence-corrected chi connectivity index (χ4v) is 1.67. The van der Waals surface area contributed by atoms with Gasteiger partial charge in [-0.05, 0) is 35.9 Å². The van der Waals surface area contributed by atoms with E-state index in [1.54, 1.807) is 12.3 Å². The van der Waals surface area contributed by atoms with Gasteiger partial charge in [0.15, 0.2) is 0 Å². The van der Waals surface area contributed by atoms with Crippen molar-refractivity contribution in [2.75, 3.05) is 6.61 Å². The second kappa shape index (κ2) is 8.42. The van der Waals surface area contributed by atoms with Crippen molar-refractivity contribution >= 4 is 12.0 Å². The van der Waals surface area contributed by atoms with Gasteiger partial charge in [-0.25, -0.2) is 4.79 Å². The summed E-state index contributed by atoms with van der Waals surface area (Å²) in [6, 6.07) is 13.1. The SMILES string of the molecule is C=CCOC(=O)/C=C/c1ccc(OCc2ccccn2)cc1. The van der Waals surface area contributed by atoms with Crippen molar-refractivity contribution in [1.29, 1.82) is 0 Å². The maximum absolute atomic E-state index is 11.3. The normalized spacial score (nSPS) is 10.4. The molecule has 0 saturated carbocycles. The number of carbonyl (C=O) groups is 1. The van der Waals surface area contributed by atoms with Crippen LogP contribution in [0.5, 0.6) is 5.75 Å². The molecule has 0 radical (unpaired) electrons. The molecule has 112 valence electrons. The molecule has 2 rings (SSSR count). The zero-order chi connectivity index (χ0) is 15.6. The molecule has 0 atom stereocenters. The first-order chi connectivity index (χ1) is 10.8. The molecule has 0 unspecified atom stereocenters. The minimum Gasteiger partial charge on any atom is -0.487 e. The molecule has 4 nitrogen and oxygen atoms in total. The highest BCUT2D eigenvalue weighted by Gasteiger charge is 1.98. The van der Waals surface area contributed by atoms with Crippen molar-refractivity contribution in [2.24, 2.45) is 0 Å². The summed E-state index contributed by atoms with van der Waals surface area (Å²) in [5, 5.41) is 0. The predicted molar refractivity (Wildman–Crippen MR) is 85.2 cm³/mol. The van der Waals surface area contributed by atoms with Gasteiger partial charge in [-0.3, -0.25) is 4.98 Å². The van der Waals surface area contributed by atoms with E-state index in [1.807, 2.05) is 42.5 Å². The third-order valence-electron chi connectivity index (χ3n) is 2.75. The lowest BCUT2D eigenvalue weighted by Crippen LogP contribution is -1.99. The molecule has 1 aromatic heterocycles. The number of nitrogens with zero attached hydrogens (tertiary/aromatic N) is 1. The van der Waals surface area contributed by atoms with Gasteiger partial charge in [0.1, 0.15) is 19.0 Å². The third kappa shape index (κ3) is 5.25. The summed E-state index contributed by atoms with van der Waals surface area (Å²) in [6.07, 6.45) is 6.33. The fourth-order valence-electron chi connectivity index (χ4n) is 1.67. The van der Waals surface area contributed by atoms with Gasteiger partial charge < -0.3 is 9.47 Å². The van der Waals surface area contributed by atoms with E-state index in [0.29, 0.717) is 6.61 Å². The third-order valence-corrected chi connectivity index (χ3v) is 2.75. The average Bonchev–Trinajstić information content (AvgIpc) is 2.58. The van der Waals surface area contributed by atoms with E-state index < -0.39 is 5.97 Å². The molecule has 0 aliphatic carbocycles. The van der Waals surface area contributed by atoms with Crippen molar-refractivity contribution in [3.63, 3.8) is 0 Å². The van der Waals surface area contributed by atoms with Crippen LogP contribution >= 0.6 is 0 Å². The summed E-state index contributed by atoms with van der Waals surface area (Å²) in [7, 11) is 0. The summed E-state index contributed by atoms with van der Waals surface area (Å²) < 4.78 is 10.5. The molecule has 4 heteroatoms. The summed E-state index contributed by atoms with van der Waals surface area (Å²) in [5.41, 5.74) is 1.76. The molecule has 0 saturated heterocycles. The summed E-state index contributed by atoms with van der Waals surface area (Å²) in [6.45, 7) is 4.11. The van der Waals surface area contributed by atoms with Crippen molar-refractivity contribution in [3.8, 4) is 5.75 Å². The van der Waals surface area contributed by atoms with Crippen LogP contribution in [0.1, 0.15) is 11.3 Å². The zero-order valence-corrected chi connectivity index (χ0v) is 12.1. The molecule has 0 spiro atoms. The van der Waals surface area contributed by atoms with Crippen LogP contribution in [0.2, 0.25) is 0 Å². The van der Waals surface area contributed by atoms with E-state index >= 15 is 0 Å². The van der Waals surface area contributed by atoms with Crippen LogP contribution in [0.25, 0.3) is 6.08 Å². The van der Waals surface area contributed by atoms with Crippen molar-refractivity contribution in [3.05, 3.63) is 78.6 Å². The number of hydrogen-bond acceptors (Lipinski definition) is 4. The number of benzene rings is 1. The minimum absolute atomic E-state index is 0.212. The first kappa shape index (κ1) is 15.5. The molecule has 0 fully saturated rings. The Morgan fingerprint density at radius 3 is 2.68 bits per heavy atom. The smallest absolute Gasteiger partial charge is 0.331 e. The monoisotopic (exact) mass is 295 g/mol. The molecule has 2 aromatic rings. The number of ether oxygens (including phenoxy) is 2. The summed E-state index contributed by atoms with van der Waals surface area (Å²) in [5.74, 6) is 0.354. The number of pyridine rings is 1. The van der Waals surface area contributed by atoms with Crippen molar-refractivity contribution in [1.82, 2.24) is 4.98 Å². The van der Waals surface area contributed by atoms with E-state index in [-0.39, 0.29) is 6.61 Å². The Morgan fingerprint density at radius 2 is 2.00 bits per heavy atom. The highest BCUT2D eigenvalue weighted by atomic mass is 16.5. The summed E-state index contributed by atoms with van der Waals surface area (Å²) in [4.78, 5) is 15.5. The van der Waals surface area contributed by atoms with Crippen LogP contribution in [0.4, 0.5) is 0 Å². The second-order valence-electron chi connectivity index (χ2n) is 4.43. The van der Waals surface area contributed by atoms with Crippen LogP contribution < -0.4 is 4.74 Å². The van der Waals surface area contributed by atoms with Crippen LogP contribution in [0.3, 0.4) is 0 Å². The number of hydrogen-bond donors (Lipinski definition) is 0. The standard InChI is InChI=1S/C18H17NO3/c1-2-13-21-18(20)11-8-15-6-9-17(10-7-15)22-14-16-5-3-4-12-19-16/h2-12H,1,13-14H2/b11-8+. The Labute approximate surface area is 129 Å². The highest BCUT2D eigenvalue weighted by molar-refractivity contribution is 5.87. The summed E-state index contributed by atoms with van der Waals surface area (Å²) >= 11 is 0. The van der Waals surface area contributed by atoms with E-state index in [9.17, 15) is 4.79 Å². The Hall–Kier alpha value is -2.88. The molecule has 1 heterocycles. The van der Waals surface area contributed by atoms with E-state index in [2.05, 4.69) is 11.6 Å². The zero-order valence-electron chi connectivity index (χ0n) is 12.1. The lowest BCUT2D eigenvalue weighted by molar-refractivity contribution is -0.136. The van der Waals surface area contributed by atoms with Crippen LogP contribution in [-0.2, 0) is 16.1 Å². The van der Waals surface area contributed by atoms with E-state index in [0.717, 1.165) is 17.0 Å². The van der Waals surface area contributed by atoms with Crippen molar-refractivity contribution in [2.45, 2.75) is 6.61 Å². The van der Waals surface area contributed by atoms with Gasteiger partial charge in [0.05, 0.1) is 5.69 Å². The minimum atomic E-state index is -0.393. The van der Waals surface area contributed by atoms with Crippen molar-refractivity contribution < 1.29 is 14.3 Å². The maximum atomic E-state index is 11.3. The lowest BCUT2D eigenvalue weighted by Gasteiger charge is -2.05. The van der Waals surface area contributed by atoms with Gasteiger partial charge in [-0.1, -0.05) is 30.9 Å². The molecular weight excluding hydrogens is 278 g/mol. The quantitative estimate of drug-likeness (QED) is 0.446. The Kier molecular flexibility index (Phi) is 5.93. The lowest BCUT2D eigenvalue weighted by atomic mass is 10.2.